The number of thioether (sulfide) groups is 1. The molecule has 0 aliphatic carbocycles. The summed E-state index contributed by atoms with van der Waals surface area (Å²) in [5, 5.41) is 9.95. The predicted octanol–water partition coefficient (Wildman–Crippen LogP) is 5.20. The van der Waals surface area contributed by atoms with Gasteiger partial charge in [-0.05, 0) is 80.1 Å². The second-order valence-electron chi connectivity index (χ2n) is 8.36. The molecule has 0 saturated carbocycles. The van der Waals surface area contributed by atoms with E-state index in [2.05, 4.69) is 16.1 Å². The molecular formula is C24H33FN2O3S. The third kappa shape index (κ3) is 6.56. The number of rotatable bonds is 11. The van der Waals surface area contributed by atoms with Crippen molar-refractivity contribution in [2.45, 2.75) is 38.3 Å². The van der Waals surface area contributed by atoms with Gasteiger partial charge in [-0.3, -0.25) is 9.78 Å². The SMILES string of the molecule is COc1ccc2nccc([C@@H](F)CCC3CCN(CCSC)CC3CCC(=O)O)c2c1. The Kier molecular flexibility index (Phi) is 8.96. The van der Waals surface area contributed by atoms with Gasteiger partial charge in [-0.25, -0.2) is 4.39 Å². The predicted molar refractivity (Wildman–Crippen MR) is 125 cm³/mol. The molecule has 0 bridgehead atoms. The highest BCUT2D eigenvalue weighted by molar-refractivity contribution is 7.98. The van der Waals surface area contributed by atoms with E-state index in [1.165, 1.54) is 0 Å². The van der Waals surface area contributed by atoms with Gasteiger partial charge in [-0.2, -0.15) is 11.8 Å². The van der Waals surface area contributed by atoms with Crippen LogP contribution in [0.15, 0.2) is 30.5 Å². The number of carbonyl (C=O) groups is 1. The van der Waals surface area contributed by atoms with E-state index >= 15 is 4.39 Å². The Morgan fingerprint density at radius 1 is 1.35 bits per heavy atom. The van der Waals surface area contributed by atoms with Gasteiger partial charge in [0.2, 0.25) is 0 Å². The van der Waals surface area contributed by atoms with Gasteiger partial charge in [0.15, 0.2) is 0 Å². The molecule has 170 valence electrons. The monoisotopic (exact) mass is 448 g/mol. The zero-order valence-electron chi connectivity index (χ0n) is 18.4. The molecule has 1 fully saturated rings. The van der Waals surface area contributed by atoms with E-state index in [1.54, 1.807) is 19.4 Å². The molecule has 1 aliphatic heterocycles. The number of fused-ring (bicyclic) bond motifs is 1. The van der Waals surface area contributed by atoms with Crippen LogP contribution >= 0.6 is 11.8 Å². The zero-order chi connectivity index (χ0) is 22.2. The van der Waals surface area contributed by atoms with Crippen LogP contribution in [0.1, 0.15) is 43.8 Å². The summed E-state index contributed by atoms with van der Waals surface area (Å²) in [6.45, 7) is 2.97. The number of pyridine rings is 1. The fourth-order valence-electron chi connectivity index (χ4n) is 4.66. The van der Waals surface area contributed by atoms with E-state index in [0.29, 0.717) is 36.0 Å². The molecule has 1 aromatic carbocycles. The van der Waals surface area contributed by atoms with Gasteiger partial charge in [0.25, 0.3) is 0 Å². The van der Waals surface area contributed by atoms with Crippen molar-refractivity contribution >= 4 is 28.6 Å². The van der Waals surface area contributed by atoms with Gasteiger partial charge in [0.05, 0.1) is 12.6 Å². The minimum Gasteiger partial charge on any atom is -0.497 e. The average molecular weight is 449 g/mol. The van der Waals surface area contributed by atoms with Crippen LogP contribution in [0, 0.1) is 11.8 Å². The van der Waals surface area contributed by atoms with Gasteiger partial charge < -0.3 is 14.7 Å². The Morgan fingerprint density at radius 2 is 2.19 bits per heavy atom. The maximum atomic E-state index is 15.4. The Balaban J connectivity index is 1.66. The number of carboxylic acids is 1. The van der Waals surface area contributed by atoms with E-state index in [-0.39, 0.29) is 6.42 Å². The van der Waals surface area contributed by atoms with Crippen LogP contribution in [0.25, 0.3) is 10.9 Å². The Labute approximate surface area is 188 Å². The molecule has 1 saturated heterocycles. The highest BCUT2D eigenvalue weighted by Gasteiger charge is 2.30. The van der Waals surface area contributed by atoms with Crippen LogP contribution in [0.2, 0.25) is 0 Å². The Bertz CT molecular complexity index is 866. The molecule has 0 radical (unpaired) electrons. The number of carboxylic acid groups (broad SMARTS) is 1. The quantitative estimate of drug-likeness (QED) is 0.510. The summed E-state index contributed by atoms with van der Waals surface area (Å²) >= 11 is 1.83. The van der Waals surface area contributed by atoms with E-state index in [1.807, 2.05) is 30.0 Å². The maximum Gasteiger partial charge on any atom is 0.303 e. The molecule has 5 nitrogen and oxygen atoms in total. The molecule has 2 aromatic rings. The van der Waals surface area contributed by atoms with Crippen molar-refractivity contribution in [3.63, 3.8) is 0 Å². The van der Waals surface area contributed by atoms with Crippen LogP contribution < -0.4 is 4.74 Å². The Hall–Kier alpha value is -1.86. The lowest BCUT2D eigenvalue weighted by molar-refractivity contribution is -0.137. The van der Waals surface area contributed by atoms with Gasteiger partial charge >= 0.3 is 5.97 Å². The number of nitrogens with zero attached hydrogens (tertiary/aromatic N) is 2. The molecule has 7 heteroatoms. The van der Waals surface area contributed by atoms with E-state index in [4.69, 9.17) is 9.84 Å². The number of aliphatic carboxylic acids is 1. The summed E-state index contributed by atoms with van der Waals surface area (Å²) in [7, 11) is 1.60. The molecular weight excluding hydrogens is 415 g/mol. The summed E-state index contributed by atoms with van der Waals surface area (Å²) in [5.41, 5.74) is 1.42. The molecule has 0 amide bonds. The van der Waals surface area contributed by atoms with Crippen LogP contribution in [0.3, 0.4) is 0 Å². The standard InChI is InChI=1S/C24H33FN2O3S/c1-30-19-5-7-23-21(15-19)20(9-11-26-23)22(25)6-3-17-10-12-27(13-14-31-2)16-18(17)4-8-24(28)29/h5,7,9,11,15,17-18,22H,3-4,6,8,10,12-14,16H2,1-2H3,(H,28,29)/t17?,18?,22-/m0/s1. The molecule has 1 aromatic heterocycles. The third-order valence-electron chi connectivity index (χ3n) is 6.43. The van der Waals surface area contributed by atoms with E-state index in [0.717, 1.165) is 49.1 Å². The molecule has 2 unspecified atom stereocenters. The lowest BCUT2D eigenvalue weighted by Gasteiger charge is -2.39. The van der Waals surface area contributed by atoms with Crippen molar-refractivity contribution in [2.24, 2.45) is 11.8 Å². The average Bonchev–Trinajstić information content (AvgIpc) is 2.79. The molecule has 31 heavy (non-hydrogen) atoms. The van der Waals surface area contributed by atoms with Crippen LogP contribution in [0.4, 0.5) is 4.39 Å². The number of piperidine rings is 1. The minimum atomic E-state index is -1.08. The van der Waals surface area contributed by atoms with Crippen molar-refractivity contribution in [1.82, 2.24) is 9.88 Å². The number of halogens is 1. The number of ether oxygens (including phenoxy) is 1. The summed E-state index contributed by atoms with van der Waals surface area (Å²) in [6.07, 6.45) is 5.77. The number of alkyl halides is 1. The third-order valence-corrected chi connectivity index (χ3v) is 7.02. The van der Waals surface area contributed by atoms with Crippen molar-refractivity contribution in [2.75, 3.05) is 38.8 Å². The van der Waals surface area contributed by atoms with Crippen LogP contribution in [-0.2, 0) is 4.79 Å². The van der Waals surface area contributed by atoms with Crippen LogP contribution in [0.5, 0.6) is 5.75 Å². The lowest BCUT2D eigenvalue weighted by Crippen LogP contribution is -2.41. The van der Waals surface area contributed by atoms with Gasteiger partial charge in [0, 0.05) is 36.8 Å². The summed E-state index contributed by atoms with van der Waals surface area (Å²) < 4.78 is 20.7. The normalized spacial score (nSPS) is 20.6. The zero-order valence-corrected chi connectivity index (χ0v) is 19.2. The number of aromatic nitrogens is 1. The fourth-order valence-corrected chi connectivity index (χ4v) is 5.10. The number of benzene rings is 1. The van der Waals surface area contributed by atoms with Gasteiger partial charge in [-0.1, -0.05) is 0 Å². The number of likely N-dealkylation sites (tertiary alicyclic amines) is 1. The first-order valence-electron chi connectivity index (χ1n) is 11.0. The molecule has 2 heterocycles. The fraction of sp³-hybridized carbons (Fsp3) is 0.583. The molecule has 0 spiro atoms. The summed E-state index contributed by atoms with van der Waals surface area (Å²) in [5.74, 6) is 1.71. The number of hydrogen-bond acceptors (Lipinski definition) is 5. The van der Waals surface area contributed by atoms with Gasteiger partial charge in [-0.15, -0.1) is 0 Å². The van der Waals surface area contributed by atoms with Crippen LogP contribution in [-0.4, -0.2) is 59.7 Å². The highest BCUT2D eigenvalue weighted by atomic mass is 32.2. The largest absolute Gasteiger partial charge is 0.497 e. The molecule has 1 aliphatic rings. The topological polar surface area (TPSA) is 62.7 Å². The number of methoxy groups -OCH3 is 1. The van der Waals surface area contributed by atoms with Crippen molar-refractivity contribution in [1.29, 1.82) is 0 Å². The van der Waals surface area contributed by atoms with Crippen molar-refractivity contribution in [3.05, 3.63) is 36.0 Å². The minimum absolute atomic E-state index is 0.186. The van der Waals surface area contributed by atoms with Crippen molar-refractivity contribution < 1.29 is 19.0 Å². The first-order valence-corrected chi connectivity index (χ1v) is 12.4. The molecule has 3 rings (SSSR count). The molecule has 1 N–H and O–H groups in total. The van der Waals surface area contributed by atoms with Gasteiger partial charge in [0.1, 0.15) is 11.9 Å². The summed E-state index contributed by atoms with van der Waals surface area (Å²) in [6, 6.07) is 7.31. The first-order chi connectivity index (χ1) is 15.0. The lowest BCUT2D eigenvalue weighted by atomic mass is 9.79. The second-order valence-corrected chi connectivity index (χ2v) is 9.35. The molecule has 3 atom stereocenters. The second kappa shape index (κ2) is 11.7. The highest BCUT2D eigenvalue weighted by Crippen LogP contribution is 2.36. The van der Waals surface area contributed by atoms with E-state index in [9.17, 15) is 4.79 Å². The van der Waals surface area contributed by atoms with Crippen molar-refractivity contribution in [3.8, 4) is 5.75 Å². The summed E-state index contributed by atoms with van der Waals surface area (Å²) in [4.78, 5) is 17.9. The Morgan fingerprint density at radius 3 is 2.94 bits per heavy atom. The smallest absolute Gasteiger partial charge is 0.303 e. The first kappa shape index (κ1) is 23.8. The maximum absolute atomic E-state index is 15.4. The number of hydrogen-bond donors (Lipinski definition) is 1. The van der Waals surface area contributed by atoms with E-state index < -0.39 is 12.1 Å².